The third-order valence-corrected chi connectivity index (χ3v) is 3.44. The zero-order valence-corrected chi connectivity index (χ0v) is 12.0. The van der Waals surface area contributed by atoms with Crippen LogP contribution in [0.2, 0.25) is 0 Å². The van der Waals surface area contributed by atoms with Gasteiger partial charge in [-0.1, -0.05) is 6.92 Å². The zero-order chi connectivity index (χ0) is 15.4. The highest BCUT2D eigenvalue weighted by Crippen LogP contribution is 2.32. The van der Waals surface area contributed by atoms with E-state index in [0.717, 1.165) is 0 Å². The van der Waals surface area contributed by atoms with Crippen molar-refractivity contribution in [3.05, 3.63) is 33.1 Å². The van der Waals surface area contributed by atoms with Crippen molar-refractivity contribution in [1.29, 1.82) is 0 Å². The first-order valence-corrected chi connectivity index (χ1v) is 6.84. The lowest BCUT2D eigenvalue weighted by Gasteiger charge is -2.22. The molecule has 21 heavy (non-hydrogen) atoms. The van der Waals surface area contributed by atoms with Crippen LogP contribution in [-0.4, -0.2) is 53.3 Å². The molecule has 0 spiro atoms. The fourth-order valence-electron chi connectivity index (χ4n) is 2.35. The molecule has 0 amide bonds. The van der Waals surface area contributed by atoms with Crippen LogP contribution in [0, 0.1) is 0 Å². The molecular weight excluding hydrogens is 280 g/mol. The van der Waals surface area contributed by atoms with Crippen LogP contribution >= 0.6 is 0 Å². The lowest BCUT2D eigenvalue weighted by Crippen LogP contribution is -2.39. The Bertz CT molecular complexity index is 568. The predicted octanol–water partition coefficient (Wildman–Crippen LogP) is -0.763. The average Bonchev–Trinajstić information content (AvgIpc) is 2.76. The number of aromatic nitrogens is 2. The van der Waals surface area contributed by atoms with E-state index < -0.39 is 35.8 Å². The van der Waals surface area contributed by atoms with Gasteiger partial charge in [-0.2, -0.15) is 0 Å². The zero-order valence-electron chi connectivity index (χ0n) is 12.0. The number of nitrogens with one attached hydrogen (secondary N) is 1. The first kappa shape index (κ1) is 15.9. The molecule has 0 saturated carbocycles. The summed E-state index contributed by atoms with van der Waals surface area (Å²) in [6, 6.07) is 1.22. The Labute approximate surface area is 121 Å². The molecule has 1 aliphatic rings. The largest absolute Gasteiger partial charge is 0.388 e. The quantitative estimate of drug-likeness (QED) is 0.669. The van der Waals surface area contributed by atoms with E-state index in [2.05, 4.69) is 4.98 Å². The summed E-state index contributed by atoms with van der Waals surface area (Å²) >= 11 is 0. The number of nitrogens with zero attached hydrogens (tertiary/aromatic N) is 1. The Kier molecular flexibility index (Phi) is 5.29. The molecule has 0 unspecified atom stereocenters. The number of aliphatic hydroxyl groups excluding tert-OH is 1. The summed E-state index contributed by atoms with van der Waals surface area (Å²) in [6.07, 6.45) is -0.847. The minimum atomic E-state index is -0.851. The van der Waals surface area contributed by atoms with Crippen LogP contribution < -0.4 is 11.2 Å². The number of hydrogen-bond acceptors (Lipinski definition) is 6. The number of aromatic amines is 1. The maximum Gasteiger partial charge on any atom is 0.330 e. The van der Waals surface area contributed by atoms with Crippen molar-refractivity contribution in [3.63, 3.8) is 0 Å². The smallest absolute Gasteiger partial charge is 0.330 e. The number of ether oxygens (including phenoxy) is 3. The maximum absolute atomic E-state index is 11.9. The van der Waals surface area contributed by atoms with E-state index in [9.17, 15) is 14.7 Å². The lowest BCUT2D eigenvalue weighted by atomic mass is 10.1. The van der Waals surface area contributed by atoms with Crippen LogP contribution in [0.25, 0.3) is 0 Å². The van der Waals surface area contributed by atoms with Crippen molar-refractivity contribution in [3.8, 4) is 0 Å². The summed E-state index contributed by atoms with van der Waals surface area (Å²) in [5.41, 5.74) is -1.09. The van der Waals surface area contributed by atoms with Crippen LogP contribution in [0.1, 0.15) is 19.6 Å². The normalized spacial score (nSPS) is 28.9. The number of H-pyrrole nitrogens is 1. The number of rotatable bonds is 6. The van der Waals surface area contributed by atoms with Gasteiger partial charge >= 0.3 is 5.69 Å². The molecule has 8 heteroatoms. The van der Waals surface area contributed by atoms with Crippen molar-refractivity contribution in [1.82, 2.24) is 9.55 Å². The molecule has 1 aromatic heterocycles. The Morgan fingerprint density at radius 1 is 1.43 bits per heavy atom. The predicted molar refractivity (Wildman–Crippen MR) is 73.1 cm³/mol. The number of aliphatic hydroxyl groups is 1. The lowest BCUT2D eigenvalue weighted by molar-refractivity contribution is -0.0797. The summed E-state index contributed by atoms with van der Waals surface area (Å²) in [7, 11) is 1.55. The van der Waals surface area contributed by atoms with Crippen LogP contribution in [0.3, 0.4) is 0 Å². The van der Waals surface area contributed by atoms with Crippen LogP contribution in [0.5, 0.6) is 0 Å². The van der Waals surface area contributed by atoms with Crippen molar-refractivity contribution >= 4 is 0 Å². The Morgan fingerprint density at radius 3 is 2.81 bits per heavy atom. The first-order valence-electron chi connectivity index (χ1n) is 6.84. The average molecular weight is 300 g/mol. The molecule has 0 aromatic carbocycles. The van der Waals surface area contributed by atoms with E-state index in [-0.39, 0.29) is 6.61 Å². The molecule has 2 N–H and O–H groups in total. The molecule has 118 valence electrons. The second kappa shape index (κ2) is 6.99. The van der Waals surface area contributed by atoms with Crippen LogP contribution in [0.15, 0.2) is 21.9 Å². The maximum atomic E-state index is 11.9. The third kappa shape index (κ3) is 3.41. The van der Waals surface area contributed by atoms with Gasteiger partial charge in [0.1, 0.15) is 12.2 Å². The van der Waals surface area contributed by atoms with Crippen molar-refractivity contribution < 1.29 is 19.3 Å². The van der Waals surface area contributed by atoms with Gasteiger partial charge in [-0.3, -0.25) is 14.3 Å². The molecule has 2 rings (SSSR count). The molecule has 2 heterocycles. The number of methoxy groups -OCH3 is 1. The van der Waals surface area contributed by atoms with Crippen LogP contribution in [0.4, 0.5) is 0 Å². The standard InChI is InChI=1S/C13H20N2O6/c1-3-8-10(17)11(20-7-6-19-2)12(21-8)15-5-4-9(16)14-13(15)18/h4-5,8,10-12,17H,3,6-7H2,1-2H3,(H,14,16,18)/t8-,10-,11-,12-/m1/s1. The third-order valence-electron chi connectivity index (χ3n) is 3.44. The summed E-state index contributed by atoms with van der Waals surface area (Å²) in [5.74, 6) is 0. The van der Waals surface area contributed by atoms with Gasteiger partial charge in [0.2, 0.25) is 0 Å². The summed E-state index contributed by atoms with van der Waals surface area (Å²) in [5, 5.41) is 10.2. The van der Waals surface area contributed by atoms with Crippen molar-refractivity contribution in [2.45, 2.75) is 37.9 Å². The molecule has 8 nitrogen and oxygen atoms in total. The van der Waals surface area contributed by atoms with Gasteiger partial charge < -0.3 is 19.3 Å². The van der Waals surface area contributed by atoms with Gasteiger partial charge in [0, 0.05) is 19.4 Å². The highest BCUT2D eigenvalue weighted by Gasteiger charge is 2.44. The molecular formula is C13H20N2O6. The molecule has 4 atom stereocenters. The summed E-state index contributed by atoms with van der Waals surface area (Å²) in [4.78, 5) is 25.2. The van der Waals surface area contributed by atoms with E-state index in [1.165, 1.54) is 16.8 Å². The molecule has 1 aliphatic heterocycles. The van der Waals surface area contributed by atoms with E-state index in [0.29, 0.717) is 13.0 Å². The van der Waals surface area contributed by atoms with Gasteiger partial charge in [-0.25, -0.2) is 4.79 Å². The fourth-order valence-corrected chi connectivity index (χ4v) is 2.35. The topological polar surface area (TPSA) is 103 Å². The molecule has 1 fully saturated rings. The SMILES string of the molecule is CC[C@H]1O[C@@H](n2ccc(=O)[nH]c2=O)[C@H](OCCOC)[C@@H]1O. The Morgan fingerprint density at radius 2 is 2.19 bits per heavy atom. The van der Waals surface area contributed by atoms with Gasteiger partial charge in [-0.05, 0) is 6.42 Å². The van der Waals surface area contributed by atoms with Gasteiger partial charge in [-0.15, -0.1) is 0 Å². The monoisotopic (exact) mass is 300 g/mol. The van der Waals surface area contributed by atoms with Crippen LogP contribution in [-0.2, 0) is 14.2 Å². The highest BCUT2D eigenvalue weighted by molar-refractivity contribution is 4.93. The van der Waals surface area contributed by atoms with E-state index in [4.69, 9.17) is 14.2 Å². The van der Waals surface area contributed by atoms with Gasteiger partial charge in [0.25, 0.3) is 5.56 Å². The van der Waals surface area contributed by atoms with Crippen molar-refractivity contribution in [2.75, 3.05) is 20.3 Å². The molecule has 0 aliphatic carbocycles. The molecule has 0 radical (unpaired) electrons. The number of hydrogen-bond donors (Lipinski definition) is 2. The van der Waals surface area contributed by atoms with E-state index >= 15 is 0 Å². The van der Waals surface area contributed by atoms with Gasteiger partial charge in [0.05, 0.1) is 19.3 Å². The second-order valence-electron chi connectivity index (χ2n) is 4.81. The van der Waals surface area contributed by atoms with Crippen molar-refractivity contribution in [2.24, 2.45) is 0 Å². The second-order valence-corrected chi connectivity index (χ2v) is 4.81. The minimum Gasteiger partial charge on any atom is -0.388 e. The summed E-state index contributed by atoms with van der Waals surface area (Å²) in [6.45, 7) is 2.51. The van der Waals surface area contributed by atoms with E-state index in [1.54, 1.807) is 7.11 Å². The highest BCUT2D eigenvalue weighted by atomic mass is 16.6. The minimum absolute atomic E-state index is 0.270. The van der Waals surface area contributed by atoms with E-state index in [1.807, 2.05) is 6.92 Å². The molecule has 0 bridgehead atoms. The van der Waals surface area contributed by atoms with Gasteiger partial charge in [0.15, 0.2) is 6.23 Å². The summed E-state index contributed by atoms with van der Waals surface area (Å²) < 4.78 is 17.4. The Balaban J connectivity index is 2.25. The fraction of sp³-hybridized carbons (Fsp3) is 0.692. The Hall–Kier alpha value is -1.48. The first-order chi connectivity index (χ1) is 10.1. The molecule has 1 saturated heterocycles. The molecule has 1 aromatic rings.